The van der Waals surface area contributed by atoms with Gasteiger partial charge in [-0.15, -0.1) is 0 Å². The Balaban J connectivity index is 1.84. The molecule has 2 aromatic rings. The van der Waals surface area contributed by atoms with Crippen LogP contribution < -0.4 is 4.74 Å². The second kappa shape index (κ2) is 7.90. The molecule has 0 N–H and O–H groups in total. The van der Waals surface area contributed by atoms with E-state index in [1.807, 2.05) is 42.5 Å². The summed E-state index contributed by atoms with van der Waals surface area (Å²) in [6.07, 6.45) is 3.96. The van der Waals surface area contributed by atoms with Crippen LogP contribution in [0, 0.1) is 0 Å². The maximum absolute atomic E-state index is 11.5. The van der Waals surface area contributed by atoms with Gasteiger partial charge in [-0.05, 0) is 42.8 Å². The highest BCUT2D eigenvalue weighted by atomic mass is 16.5. The molecule has 0 atom stereocenters. The molecule has 0 spiro atoms. The van der Waals surface area contributed by atoms with Crippen LogP contribution in [0.1, 0.15) is 22.8 Å². The molecule has 0 aliphatic rings. The van der Waals surface area contributed by atoms with Crippen molar-refractivity contribution in [2.24, 2.45) is 0 Å². The van der Waals surface area contributed by atoms with Crippen LogP contribution >= 0.6 is 0 Å². The van der Waals surface area contributed by atoms with Crippen molar-refractivity contribution in [2.75, 3.05) is 13.2 Å². The quantitative estimate of drug-likeness (QED) is 0.752. The van der Waals surface area contributed by atoms with Gasteiger partial charge in [0.2, 0.25) is 0 Å². The number of benzene rings is 2. The fourth-order valence-corrected chi connectivity index (χ4v) is 1.79. The summed E-state index contributed by atoms with van der Waals surface area (Å²) in [7, 11) is 0. The summed E-state index contributed by atoms with van der Waals surface area (Å²) < 4.78 is 10.5. The van der Waals surface area contributed by atoms with Gasteiger partial charge in [-0.1, -0.05) is 36.4 Å². The van der Waals surface area contributed by atoms with Crippen molar-refractivity contribution in [2.45, 2.75) is 6.92 Å². The predicted octanol–water partition coefficient (Wildman–Crippen LogP) is 3.96. The van der Waals surface area contributed by atoms with E-state index in [4.69, 9.17) is 9.47 Å². The fraction of sp³-hybridized carbons (Fsp3) is 0.167. The molecule has 2 rings (SSSR count). The minimum Gasteiger partial charge on any atom is -0.490 e. The minimum absolute atomic E-state index is 0.312. The molecule has 2 aromatic carbocycles. The van der Waals surface area contributed by atoms with Crippen LogP contribution in [-0.2, 0) is 4.74 Å². The molecule has 0 bridgehead atoms. The van der Waals surface area contributed by atoms with Crippen LogP contribution in [0.3, 0.4) is 0 Å². The van der Waals surface area contributed by atoms with Crippen molar-refractivity contribution in [1.29, 1.82) is 0 Å². The molecule has 0 unspecified atom stereocenters. The number of esters is 1. The molecule has 0 aliphatic heterocycles. The van der Waals surface area contributed by atoms with Crippen LogP contribution in [0.25, 0.3) is 6.08 Å². The van der Waals surface area contributed by atoms with Crippen molar-refractivity contribution >= 4 is 12.0 Å². The summed E-state index contributed by atoms with van der Waals surface area (Å²) in [6, 6.07) is 17.0. The second-order valence-corrected chi connectivity index (χ2v) is 4.37. The number of ether oxygens (including phenoxy) is 2. The lowest BCUT2D eigenvalue weighted by Gasteiger charge is -2.05. The molecule has 108 valence electrons. The van der Waals surface area contributed by atoms with E-state index in [1.54, 1.807) is 31.2 Å². The van der Waals surface area contributed by atoms with Gasteiger partial charge in [-0.2, -0.15) is 0 Å². The second-order valence-electron chi connectivity index (χ2n) is 4.37. The monoisotopic (exact) mass is 282 g/mol. The molecule has 0 radical (unpaired) electrons. The van der Waals surface area contributed by atoms with E-state index in [9.17, 15) is 4.79 Å². The first kappa shape index (κ1) is 14.9. The molecule has 3 nitrogen and oxygen atoms in total. The smallest absolute Gasteiger partial charge is 0.338 e. The Morgan fingerprint density at radius 2 is 1.76 bits per heavy atom. The summed E-state index contributed by atoms with van der Waals surface area (Å²) in [5.74, 6) is 0.411. The lowest BCUT2D eigenvalue weighted by molar-refractivity contribution is 0.0526. The zero-order valence-corrected chi connectivity index (χ0v) is 12.0. The molecule has 3 heteroatoms. The standard InChI is InChI=1S/C18H18O3/c1-2-20-18(19)16-10-12-17(13-11-16)21-14-6-9-15-7-4-3-5-8-15/h3-13H,2,14H2,1H3. The summed E-state index contributed by atoms with van der Waals surface area (Å²) in [4.78, 5) is 11.5. The Kier molecular flexibility index (Phi) is 5.59. The van der Waals surface area contributed by atoms with Gasteiger partial charge in [0.15, 0.2) is 0 Å². The van der Waals surface area contributed by atoms with Crippen molar-refractivity contribution in [3.63, 3.8) is 0 Å². The largest absolute Gasteiger partial charge is 0.490 e. The van der Waals surface area contributed by atoms with Gasteiger partial charge < -0.3 is 9.47 Å². The van der Waals surface area contributed by atoms with E-state index in [-0.39, 0.29) is 5.97 Å². The van der Waals surface area contributed by atoms with Gasteiger partial charge in [-0.25, -0.2) is 4.79 Å². The zero-order chi connectivity index (χ0) is 14.9. The highest BCUT2D eigenvalue weighted by molar-refractivity contribution is 5.89. The van der Waals surface area contributed by atoms with Gasteiger partial charge in [-0.3, -0.25) is 0 Å². The fourth-order valence-electron chi connectivity index (χ4n) is 1.79. The molecular formula is C18H18O3. The van der Waals surface area contributed by atoms with Gasteiger partial charge in [0.1, 0.15) is 12.4 Å². The number of hydrogen-bond donors (Lipinski definition) is 0. The molecular weight excluding hydrogens is 264 g/mol. The van der Waals surface area contributed by atoms with E-state index in [0.717, 1.165) is 11.3 Å². The summed E-state index contributed by atoms with van der Waals surface area (Å²) >= 11 is 0. The van der Waals surface area contributed by atoms with Crippen LogP contribution in [0.5, 0.6) is 5.75 Å². The highest BCUT2D eigenvalue weighted by Gasteiger charge is 2.05. The topological polar surface area (TPSA) is 35.5 Å². The van der Waals surface area contributed by atoms with E-state index in [0.29, 0.717) is 18.8 Å². The summed E-state index contributed by atoms with van der Waals surface area (Å²) in [6.45, 7) is 2.64. The lowest BCUT2D eigenvalue weighted by Crippen LogP contribution is -2.04. The normalized spacial score (nSPS) is 10.5. The van der Waals surface area contributed by atoms with E-state index < -0.39 is 0 Å². The molecule has 0 saturated carbocycles. The van der Waals surface area contributed by atoms with Gasteiger partial charge >= 0.3 is 5.97 Å². The van der Waals surface area contributed by atoms with Crippen LogP contribution in [0.4, 0.5) is 0 Å². The minimum atomic E-state index is -0.312. The van der Waals surface area contributed by atoms with Crippen molar-refractivity contribution in [3.8, 4) is 5.75 Å². The average molecular weight is 282 g/mol. The third kappa shape index (κ3) is 4.80. The van der Waals surface area contributed by atoms with Gasteiger partial charge in [0.05, 0.1) is 12.2 Å². The molecule has 0 amide bonds. The summed E-state index contributed by atoms with van der Waals surface area (Å²) in [5.41, 5.74) is 1.67. The van der Waals surface area contributed by atoms with E-state index in [2.05, 4.69) is 0 Å². The first-order valence-electron chi connectivity index (χ1n) is 6.91. The van der Waals surface area contributed by atoms with Gasteiger partial charge in [0.25, 0.3) is 0 Å². The maximum atomic E-state index is 11.5. The highest BCUT2D eigenvalue weighted by Crippen LogP contribution is 2.13. The molecule has 0 heterocycles. The molecule has 0 aliphatic carbocycles. The molecule has 0 saturated heterocycles. The Morgan fingerprint density at radius 1 is 1.05 bits per heavy atom. The van der Waals surface area contributed by atoms with Crippen LogP contribution in [-0.4, -0.2) is 19.2 Å². The molecule has 0 fully saturated rings. The third-order valence-corrected chi connectivity index (χ3v) is 2.82. The number of carbonyl (C=O) groups excluding carboxylic acids is 1. The van der Waals surface area contributed by atoms with Crippen molar-refractivity contribution in [1.82, 2.24) is 0 Å². The Labute approximate surface area is 124 Å². The molecule has 0 aromatic heterocycles. The third-order valence-electron chi connectivity index (χ3n) is 2.82. The van der Waals surface area contributed by atoms with Gasteiger partial charge in [0, 0.05) is 0 Å². The predicted molar refractivity (Wildman–Crippen MR) is 83.4 cm³/mol. The lowest BCUT2D eigenvalue weighted by atomic mass is 10.2. The maximum Gasteiger partial charge on any atom is 0.338 e. The Morgan fingerprint density at radius 3 is 2.43 bits per heavy atom. The van der Waals surface area contributed by atoms with Crippen molar-refractivity contribution < 1.29 is 14.3 Å². The van der Waals surface area contributed by atoms with E-state index >= 15 is 0 Å². The van der Waals surface area contributed by atoms with Crippen LogP contribution in [0.15, 0.2) is 60.7 Å². The zero-order valence-electron chi connectivity index (χ0n) is 12.0. The summed E-state index contributed by atoms with van der Waals surface area (Å²) in [5, 5.41) is 0. The number of hydrogen-bond acceptors (Lipinski definition) is 3. The first-order chi connectivity index (χ1) is 10.3. The molecule has 21 heavy (non-hydrogen) atoms. The first-order valence-corrected chi connectivity index (χ1v) is 6.91. The average Bonchev–Trinajstić information content (AvgIpc) is 2.53. The van der Waals surface area contributed by atoms with Crippen molar-refractivity contribution in [3.05, 3.63) is 71.8 Å². The Bertz CT molecular complexity index is 586. The number of carbonyl (C=O) groups is 1. The Hall–Kier alpha value is -2.55. The number of rotatable bonds is 6. The van der Waals surface area contributed by atoms with Crippen LogP contribution in [0.2, 0.25) is 0 Å². The SMILES string of the molecule is CCOC(=O)c1ccc(OCC=Cc2ccccc2)cc1. The van der Waals surface area contributed by atoms with E-state index in [1.165, 1.54) is 0 Å².